The van der Waals surface area contributed by atoms with Crippen LogP contribution in [0.15, 0.2) is 364 Å². The van der Waals surface area contributed by atoms with Crippen molar-refractivity contribution >= 4 is 173 Å². The Hall–Kier alpha value is -12.8. The number of hydrogen-bond acceptors (Lipinski definition) is 7. The molecule has 15 aromatic rings. The van der Waals surface area contributed by atoms with Crippen molar-refractivity contribution in [3.63, 3.8) is 0 Å². The largest absolute Gasteiger partial charge is 0.311 e. The van der Waals surface area contributed by atoms with E-state index in [4.69, 9.17) is 31.4 Å². The third-order valence-corrected chi connectivity index (χ3v) is 21.4. The fourth-order valence-electron chi connectivity index (χ4n) is 15.1. The maximum absolute atomic E-state index is 6.31. The molecule has 0 atom stereocenters. The number of unbranched alkanes of at least 4 members (excludes halogenated alkanes) is 3. The molecule has 0 aliphatic rings. The summed E-state index contributed by atoms with van der Waals surface area (Å²) >= 11 is 0. The Balaban J connectivity index is 0.778. The second-order valence-corrected chi connectivity index (χ2v) is 29.8. The molecule has 0 bridgehead atoms. The molecule has 15 aromatic carbocycles. The molecule has 115 heavy (non-hydrogen) atoms. The van der Waals surface area contributed by atoms with Gasteiger partial charge in [-0.1, -0.05) is 182 Å². The van der Waals surface area contributed by atoms with Crippen LogP contribution in [0.4, 0.5) is 119 Å². The zero-order valence-corrected chi connectivity index (χ0v) is 66.4. The minimum absolute atomic E-state index is 0.696. The molecule has 0 saturated heterocycles. The lowest BCUT2D eigenvalue weighted by Gasteiger charge is -2.31. The van der Waals surface area contributed by atoms with E-state index in [9.17, 15) is 0 Å². The number of nitrogens with zero attached hydrogens (tertiary/aromatic N) is 7. The van der Waals surface area contributed by atoms with Gasteiger partial charge < -0.3 is 34.3 Å². The first-order valence-corrected chi connectivity index (χ1v) is 40.4. The SMILES string of the molecule is [B]c1ccc(N(c2ccc([B])cc2)c2ccc(N(c3ccc(N(c4ccc([B])cc4)c4ccc(CCCC)cc4)cc3)c3ccc(N(c4ccc(C)cc4)c4ccc(N(c5ccc(CCCC)cc5)c5ccc(N(c6ccc(C)cc6)c6ccc(N(c7ccc([B])cc7)c7ccc(CCCC)cc7)cc6)cc5)cc4)cc3)cc2)cc1. The highest BCUT2D eigenvalue weighted by Crippen LogP contribution is 2.47. The molecule has 15 rings (SSSR count). The summed E-state index contributed by atoms with van der Waals surface area (Å²) in [6.45, 7) is 11.0. The van der Waals surface area contributed by atoms with Gasteiger partial charge in [-0.25, -0.2) is 0 Å². The van der Waals surface area contributed by atoms with Gasteiger partial charge in [-0.3, -0.25) is 0 Å². The van der Waals surface area contributed by atoms with E-state index in [0.717, 1.165) is 176 Å². The minimum Gasteiger partial charge on any atom is -0.311 e. The molecule has 0 heterocycles. The van der Waals surface area contributed by atoms with Crippen molar-refractivity contribution in [1.82, 2.24) is 0 Å². The van der Waals surface area contributed by atoms with E-state index in [1.165, 1.54) is 34.2 Å². The maximum atomic E-state index is 6.31. The van der Waals surface area contributed by atoms with Crippen molar-refractivity contribution in [2.24, 2.45) is 0 Å². The van der Waals surface area contributed by atoms with Crippen LogP contribution in [0.1, 0.15) is 87.1 Å². The Bertz CT molecular complexity index is 5560. The molecule has 0 aromatic heterocycles. The van der Waals surface area contributed by atoms with Crippen molar-refractivity contribution in [2.45, 2.75) is 92.4 Å². The van der Waals surface area contributed by atoms with Gasteiger partial charge in [0.05, 0.1) is 0 Å². The average Bonchev–Trinajstić information content (AvgIpc) is 0.779. The first-order valence-electron chi connectivity index (χ1n) is 40.4. The maximum Gasteiger partial charge on any atom is 0.113 e. The van der Waals surface area contributed by atoms with E-state index in [2.05, 4.69) is 384 Å². The Morgan fingerprint density at radius 3 is 0.383 bits per heavy atom. The highest BCUT2D eigenvalue weighted by Gasteiger charge is 2.24. The van der Waals surface area contributed by atoms with E-state index in [-0.39, 0.29) is 0 Å². The lowest BCUT2D eigenvalue weighted by Crippen LogP contribution is -2.15. The fourth-order valence-corrected chi connectivity index (χ4v) is 15.1. The van der Waals surface area contributed by atoms with Gasteiger partial charge in [-0.2, -0.15) is 0 Å². The summed E-state index contributed by atoms with van der Waals surface area (Å²) in [5, 5.41) is 0. The molecule has 0 saturated carbocycles. The van der Waals surface area contributed by atoms with Crippen LogP contribution in [0.5, 0.6) is 0 Å². The Morgan fingerprint density at radius 1 is 0.157 bits per heavy atom. The Kier molecular flexibility index (Phi) is 24.5. The highest BCUT2D eigenvalue weighted by molar-refractivity contribution is 6.33. The van der Waals surface area contributed by atoms with Gasteiger partial charge in [0.25, 0.3) is 0 Å². The Morgan fingerprint density at radius 2 is 0.261 bits per heavy atom. The normalized spacial score (nSPS) is 11.1. The molecule has 0 unspecified atom stereocenters. The van der Waals surface area contributed by atoms with Gasteiger partial charge in [0, 0.05) is 119 Å². The van der Waals surface area contributed by atoms with Crippen molar-refractivity contribution in [3.05, 3.63) is 392 Å². The van der Waals surface area contributed by atoms with Crippen molar-refractivity contribution in [1.29, 1.82) is 0 Å². The molecule has 0 amide bonds. The monoisotopic (exact) mass is 1480 g/mol. The first-order chi connectivity index (χ1) is 56.3. The molecule has 0 N–H and O–H groups in total. The molecule has 0 aliphatic heterocycles. The lowest BCUT2D eigenvalue weighted by atomic mass is 9.95. The minimum atomic E-state index is 0.696. The van der Waals surface area contributed by atoms with Crippen LogP contribution >= 0.6 is 0 Å². The molecule has 8 radical (unpaired) electrons. The number of aryl methyl sites for hydroxylation is 5. The second kappa shape index (κ2) is 36.3. The third-order valence-electron chi connectivity index (χ3n) is 21.4. The molecular weight excluding hydrogens is 1390 g/mol. The van der Waals surface area contributed by atoms with Crippen molar-refractivity contribution < 1.29 is 0 Å². The molecule has 7 nitrogen and oxygen atoms in total. The zero-order chi connectivity index (χ0) is 79.2. The first kappa shape index (κ1) is 77.5. The zero-order valence-electron chi connectivity index (χ0n) is 66.4. The third kappa shape index (κ3) is 18.3. The molecule has 0 aliphatic carbocycles. The number of rotatable bonds is 30. The van der Waals surface area contributed by atoms with Crippen LogP contribution in [-0.4, -0.2) is 31.4 Å². The van der Waals surface area contributed by atoms with E-state index in [0.29, 0.717) is 16.4 Å². The van der Waals surface area contributed by atoms with Gasteiger partial charge in [0.2, 0.25) is 0 Å². The summed E-state index contributed by atoms with van der Waals surface area (Å²) in [5.74, 6) is 0. The standard InChI is InChI=1S/C104H93B4N7/c1-6-9-12-77-19-37-86(38-20-77)111(89-43-25-80(105)26-44-89)97-59-51-93(52-60-97)109(84-33-15-75(4)16-34-84)94-53-63-99(64-54-94)113(88-41-23-79(24-42-88)14-11-8-3)100-65-55-95(56-66-100)110(85-35-17-76(5)18-36-85)96-57-69-102(70-58-96)115(104-73-67-101(68-74-104)114(91-47-29-82(107)30-48-91)92-49-31-83(108)32-50-92)103-71-61-98(62-72-103)112(90-45-27-81(106)28-46-90)87-39-21-78(22-40-87)13-10-7-2/h15-74H,6-14H2,1-5H3. The number of hydrogen-bond donors (Lipinski definition) is 0. The van der Waals surface area contributed by atoms with Crippen LogP contribution in [0, 0.1) is 13.8 Å². The fraction of sp³-hybridized carbons (Fsp3) is 0.135. The quantitative estimate of drug-likeness (QED) is 0.0413. The molecule has 556 valence electrons. The average molecular weight is 1480 g/mol. The molecular formula is C104H93B4N7. The predicted octanol–water partition coefficient (Wildman–Crippen LogP) is 25.8. The summed E-state index contributed by atoms with van der Waals surface area (Å²) in [4.78, 5) is 16.2. The van der Waals surface area contributed by atoms with Crippen molar-refractivity contribution in [3.8, 4) is 0 Å². The predicted molar refractivity (Wildman–Crippen MR) is 496 cm³/mol. The van der Waals surface area contributed by atoms with Crippen LogP contribution in [0.25, 0.3) is 0 Å². The van der Waals surface area contributed by atoms with Crippen LogP contribution in [0.2, 0.25) is 0 Å². The van der Waals surface area contributed by atoms with Crippen molar-refractivity contribution in [2.75, 3.05) is 34.3 Å². The summed E-state index contributed by atoms with van der Waals surface area (Å²) in [6.07, 6.45) is 10.1. The smallest absolute Gasteiger partial charge is 0.113 e. The number of benzene rings is 15. The van der Waals surface area contributed by atoms with Gasteiger partial charge in [0.1, 0.15) is 31.4 Å². The van der Waals surface area contributed by atoms with E-state index >= 15 is 0 Å². The van der Waals surface area contributed by atoms with E-state index in [1.54, 1.807) is 0 Å². The van der Waals surface area contributed by atoms with Crippen LogP contribution < -0.4 is 56.2 Å². The van der Waals surface area contributed by atoms with Crippen LogP contribution in [0.3, 0.4) is 0 Å². The van der Waals surface area contributed by atoms with E-state index in [1.807, 2.05) is 48.5 Å². The summed E-state index contributed by atoms with van der Waals surface area (Å²) in [7, 11) is 25.1. The second-order valence-electron chi connectivity index (χ2n) is 29.8. The topological polar surface area (TPSA) is 22.7 Å². The van der Waals surface area contributed by atoms with Gasteiger partial charge in [-0.15, -0.1) is 0 Å². The summed E-state index contributed by atoms with van der Waals surface area (Å²) in [6, 6.07) is 130. The van der Waals surface area contributed by atoms with Gasteiger partial charge in [-0.05, 0) is 324 Å². The molecule has 0 spiro atoms. The van der Waals surface area contributed by atoms with Crippen LogP contribution in [-0.2, 0) is 19.3 Å². The van der Waals surface area contributed by atoms with Gasteiger partial charge >= 0.3 is 0 Å². The molecule has 0 fully saturated rings. The van der Waals surface area contributed by atoms with Gasteiger partial charge in [0.15, 0.2) is 0 Å². The lowest BCUT2D eigenvalue weighted by molar-refractivity contribution is 0.795. The summed E-state index contributed by atoms with van der Waals surface area (Å²) in [5.41, 5.74) is 30.7. The Labute approximate surface area is 686 Å². The molecule has 11 heteroatoms. The number of anilines is 21. The summed E-state index contributed by atoms with van der Waals surface area (Å²) < 4.78 is 0. The highest BCUT2D eigenvalue weighted by atomic mass is 15.2. The van der Waals surface area contributed by atoms with E-state index < -0.39 is 0 Å².